The molecule has 6 heteroatoms. The topological polar surface area (TPSA) is 80.5 Å². The molecule has 1 aromatic rings. The molecule has 3 N–H and O–H groups in total. The van der Waals surface area contributed by atoms with Gasteiger partial charge in [0.15, 0.2) is 0 Å². The smallest absolute Gasteiger partial charge is 0.237 e. The van der Waals surface area contributed by atoms with Crippen LogP contribution in [0.2, 0.25) is 0 Å². The molecule has 0 bridgehead atoms. The minimum absolute atomic E-state index is 0.0529. The fraction of sp³-hybridized carbons (Fsp3) is 0.684. The SMILES string of the molecule is NC(CC1CCCCC1)C(=O)NCc1ccc(N2CCOCC2)nc1. The summed E-state index contributed by atoms with van der Waals surface area (Å²) in [5.41, 5.74) is 7.08. The van der Waals surface area contributed by atoms with E-state index in [1.165, 1.54) is 32.1 Å². The lowest BCUT2D eigenvalue weighted by atomic mass is 9.85. The lowest BCUT2D eigenvalue weighted by molar-refractivity contribution is -0.123. The number of nitrogens with zero attached hydrogens (tertiary/aromatic N) is 2. The first-order valence-corrected chi connectivity index (χ1v) is 9.53. The molecule has 2 aliphatic rings. The normalized spacial score (nSPS) is 20.3. The quantitative estimate of drug-likeness (QED) is 0.821. The number of carbonyl (C=O) groups is 1. The Morgan fingerprint density at radius 3 is 2.72 bits per heavy atom. The molecule has 0 radical (unpaired) electrons. The minimum atomic E-state index is -0.399. The van der Waals surface area contributed by atoms with Gasteiger partial charge in [-0.2, -0.15) is 0 Å². The van der Waals surface area contributed by atoms with E-state index in [9.17, 15) is 4.79 Å². The number of nitrogens with one attached hydrogen (secondary N) is 1. The van der Waals surface area contributed by atoms with Gasteiger partial charge in [0.25, 0.3) is 0 Å². The number of rotatable bonds is 6. The standard InChI is InChI=1S/C19H30N4O2/c20-17(12-15-4-2-1-3-5-15)19(24)22-14-16-6-7-18(21-13-16)23-8-10-25-11-9-23/h6-7,13,15,17H,1-5,8-12,14,20H2,(H,22,24). The van der Waals surface area contributed by atoms with Crippen LogP contribution in [0.5, 0.6) is 0 Å². The van der Waals surface area contributed by atoms with Crippen LogP contribution in [0.15, 0.2) is 18.3 Å². The maximum atomic E-state index is 12.2. The summed E-state index contributed by atoms with van der Waals surface area (Å²) in [5, 5.41) is 2.95. The number of hydrogen-bond acceptors (Lipinski definition) is 5. The Kier molecular flexibility index (Phi) is 6.64. The lowest BCUT2D eigenvalue weighted by Crippen LogP contribution is -2.41. The molecule has 1 aliphatic heterocycles. The second-order valence-corrected chi connectivity index (χ2v) is 7.19. The van der Waals surface area contributed by atoms with Gasteiger partial charge in [-0.15, -0.1) is 0 Å². The van der Waals surface area contributed by atoms with Crippen LogP contribution in [-0.2, 0) is 16.1 Å². The molecule has 1 unspecified atom stereocenters. The zero-order chi connectivity index (χ0) is 17.5. The summed E-state index contributed by atoms with van der Waals surface area (Å²) in [6.07, 6.45) is 8.95. The van der Waals surface area contributed by atoms with Gasteiger partial charge in [0, 0.05) is 25.8 Å². The van der Waals surface area contributed by atoms with Crippen molar-refractivity contribution in [3.05, 3.63) is 23.9 Å². The summed E-state index contributed by atoms with van der Waals surface area (Å²) in [4.78, 5) is 18.9. The van der Waals surface area contributed by atoms with Crippen LogP contribution in [-0.4, -0.2) is 43.2 Å². The molecule has 3 rings (SSSR count). The Morgan fingerprint density at radius 2 is 2.04 bits per heavy atom. The van der Waals surface area contributed by atoms with Crippen LogP contribution in [0.4, 0.5) is 5.82 Å². The molecule has 1 saturated carbocycles. The molecular weight excluding hydrogens is 316 g/mol. The van der Waals surface area contributed by atoms with E-state index in [2.05, 4.69) is 15.2 Å². The van der Waals surface area contributed by atoms with Crippen LogP contribution >= 0.6 is 0 Å². The zero-order valence-corrected chi connectivity index (χ0v) is 15.0. The summed E-state index contributed by atoms with van der Waals surface area (Å²) in [6, 6.07) is 3.63. The molecule has 138 valence electrons. The van der Waals surface area contributed by atoms with Gasteiger partial charge in [-0.1, -0.05) is 38.2 Å². The maximum Gasteiger partial charge on any atom is 0.237 e. The van der Waals surface area contributed by atoms with Crippen LogP contribution < -0.4 is 16.0 Å². The monoisotopic (exact) mass is 346 g/mol. The Bertz CT molecular complexity index is 537. The summed E-state index contributed by atoms with van der Waals surface area (Å²) in [5.74, 6) is 1.53. The number of pyridine rings is 1. The highest BCUT2D eigenvalue weighted by atomic mass is 16.5. The largest absolute Gasteiger partial charge is 0.378 e. The van der Waals surface area contributed by atoms with Crippen molar-refractivity contribution in [1.82, 2.24) is 10.3 Å². The fourth-order valence-electron chi connectivity index (χ4n) is 3.71. The Labute approximate surface area is 150 Å². The van der Waals surface area contributed by atoms with E-state index in [1.807, 2.05) is 18.3 Å². The van der Waals surface area contributed by atoms with Crippen molar-refractivity contribution in [3.8, 4) is 0 Å². The number of morpholine rings is 1. The summed E-state index contributed by atoms with van der Waals surface area (Å²) in [6.45, 7) is 3.72. The van der Waals surface area contributed by atoms with E-state index in [0.29, 0.717) is 12.5 Å². The predicted molar refractivity (Wildman–Crippen MR) is 98.3 cm³/mol. The van der Waals surface area contributed by atoms with E-state index in [-0.39, 0.29) is 5.91 Å². The third-order valence-electron chi connectivity index (χ3n) is 5.26. The van der Waals surface area contributed by atoms with Crippen LogP contribution in [0.25, 0.3) is 0 Å². The van der Waals surface area contributed by atoms with Crippen molar-refractivity contribution in [2.75, 3.05) is 31.2 Å². The molecule has 2 heterocycles. The van der Waals surface area contributed by atoms with E-state index in [4.69, 9.17) is 10.5 Å². The third kappa shape index (κ3) is 5.41. The number of nitrogens with two attached hydrogens (primary N) is 1. The molecule has 1 amide bonds. The minimum Gasteiger partial charge on any atom is -0.378 e. The molecule has 6 nitrogen and oxygen atoms in total. The highest BCUT2D eigenvalue weighted by Crippen LogP contribution is 2.27. The predicted octanol–water partition coefficient (Wildman–Crippen LogP) is 1.83. The summed E-state index contributed by atoms with van der Waals surface area (Å²) < 4.78 is 5.36. The number of hydrogen-bond donors (Lipinski definition) is 2. The van der Waals surface area contributed by atoms with E-state index in [0.717, 1.165) is 44.1 Å². The summed E-state index contributed by atoms with van der Waals surface area (Å²) >= 11 is 0. The molecule has 1 aromatic heterocycles. The van der Waals surface area contributed by atoms with Gasteiger partial charge < -0.3 is 20.7 Å². The molecule has 25 heavy (non-hydrogen) atoms. The average Bonchev–Trinajstić information content (AvgIpc) is 2.68. The molecule has 1 saturated heterocycles. The highest BCUT2D eigenvalue weighted by Gasteiger charge is 2.21. The van der Waals surface area contributed by atoms with Gasteiger partial charge in [0.1, 0.15) is 5.82 Å². The Hall–Kier alpha value is -1.66. The number of carbonyl (C=O) groups excluding carboxylic acids is 1. The molecule has 0 aromatic carbocycles. The Morgan fingerprint density at radius 1 is 1.28 bits per heavy atom. The first kappa shape index (κ1) is 18.1. The van der Waals surface area contributed by atoms with Crippen molar-refractivity contribution in [2.24, 2.45) is 11.7 Å². The number of ether oxygens (including phenoxy) is 1. The van der Waals surface area contributed by atoms with Crippen molar-refractivity contribution < 1.29 is 9.53 Å². The number of anilines is 1. The molecule has 1 atom stereocenters. The van der Waals surface area contributed by atoms with E-state index in [1.54, 1.807) is 0 Å². The van der Waals surface area contributed by atoms with Crippen molar-refractivity contribution >= 4 is 11.7 Å². The van der Waals surface area contributed by atoms with Gasteiger partial charge in [-0.25, -0.2) is 4.98 Å². The van der Waals surface area contributed by atoms with Gasteiger partial charge in [-0.05, 0) is 24.0 Å². The average molecular weight is 346 g/mol. The van der Waals surface area contributed by atoms with Gasteiger partial charge in [0.2, 0.25) is 5.91 Å². The zero-order valence-electron chi connectivity index (χ0n) is 15.0. The third-order valence-corrected chi connectivity index (χ3v) is 5.26. The van der Waals surface area contributed by atoms with Crippen LogP contribution in [0, 0.1) is 5.92 Å². The van der Waals surface area contributed by atoms with Crippen LogP contribution in [0.3, 0.4) is 0 Å². The molecule has 0 spiro atoms. The highest BCUT2D eigenvalue weighted by molar-refractivity contribution is 5.81. The second kappa shape index (κ2) is 9.15. The number of amides is 1. The molecule has 2 fully saturated rings. The van der Waals surface area contributed by atoms with Gasteiger partial charge >= 0.3 is 0 Å². The van der Waals surface area contributed by atoms with E-state index < -0.39 is 6.04 Å². The first-order chi connectivity index (χ1) is 12.2. The number of aromatic nitrogens is 1. The fourth-order valence-corrected chi connectivity index (χ4v) is 3.71. The maximum absolute atomic E-state index is 12.2. The van der Waals surface area contributed by atoms with Crippen molar-refractivity contribution in [1.29, 1.82) is 0 Å². The van der Waals surface area contributed by atoms with Gasteiger partial charge in [-0.3, -0.25) is 4.79 Å². The summed E-state index contributed by atoms with van der Waals surface area (Å²) in [7, 11) is 0. The second-order valence-electron chi connectivity index (χ2n) is 7.19. The first-order valence-electron chi connectivity index (χ1n) is 9.53. The molecule has 1 aliphatic carbocycles. The lowest BCUT2D eigenvalue weighted by Gasteiger charge is -2.27. The molecular formula is C19H30N4O2. The Balaban J connectivity index is 1.43. The van der Waals surface area contributed by atoms with Crippen molar-refractivity contribution in [3.63, 3.8) is 0 Å². The van der Waals surface area contributed by atoms with Crippen LogP contribution in [0.1, 0.15) is 44.1 Å². The van der Waals surface area contributed by atoms with E-state index >= 15 is 0 Å². The van der Waals surface area contributed by atoms with Crippen molar-refractivity contribution in [2.45, 2.75) is 51.1 Å². The van der Waals surface area contributed by atoms with Gasteiger partial charge in [0.05, 0.1) is 19.3 Å².